The van der Waals surface area contributed by atoms with Crippen molar-refractivity contribution in [2.75, 3.05) is 12.4 Å². The Morgan fingerprint density at radius 1 is 1.12 bits per heavy atom. The monoisotopic (exact) mass is 439 g/mol. The molecule has 4 rings (SSSR count). The van der Waals surface area contributed by atoms with E-state index in [1.807, 2.05) is 0 Å². The van der Waals surface area contributed by atoms with Gasteiger partial charge in [-0.2, -0.15) is 5.10 Å². The first-order chi connectivity index (χ1) is 15.5. The number of nitrogens with one attached hydrogen (secondary N) is 1. The van der Waals surface area contributed by atoms with Gasteiger partial charge >= 0.3 is 5.97 Å². The van der Waals surface area contributed by atoms with Crippen molar-refractivity contribution in [3.05, 3.63) is 78.2 Å². The van der Waals surface area contributed by atoms with Gasteiger partial charge in [0.05, 0.1) is 30.2 Å². The van der Waals surface area contributed by atoms with Crippen LogP contribution >= 0.6 is 0 Å². The van der Waals surface area contributed by atoms with Gasteiger partial charge in [0.15, 0.2) is 11.4 Å². The fourth-order valence-electron chi connectivity index (χ4n) is 2.84. The highest BCUT2D eigenvalue weighted by atomic mass is 19.3. The highest BCUT2D eigenvalue weighted by molar-refractivity contribution is 6.03. The molecule has 9 nitrogen and oxygen atoms in total. The number of nitrogens with zero attached hydrogens (tertiary/aromatic N) is 4. The standard InChI is InChI=1S/C21H15F2N5O4/c1-31-21(30)13-2-4-14(5-3-13)28-10-15(17(27-28)18(22)23)25-19(29)16-11-32-20(26-16)12-6-8-24-9-7-12/h2-11,18H,1H3,(H,25,29). The number of pyridine rings is 1. The van der Waals surface area contributed by atoms with E-state index in [1.165, 1.54) is 42.3 Å². The molecule has 0 saturated heterocycles. The van der Waals surface area contributed by atoms with Crippen molar-refractivity contribution < 1.29 is 27.5 Å². The van der Waals surface area contributed by atoms with Crippen LogP contribution in [0.4, 0.5) is 14.5 Å². The molecule has 4 aromatic rings. The second kappa shape index (κ2) is 8.76. The maximum atomic E-state index is 13.5. The van der Waals surface area contributed by atoms with Gasteiger partial charge in [-0.1, -0.05) is 0 Å². The zero-order chi connectivity index (χ0) is 22.7. The van der Waals surface area contributed by atoms with Crippen molar-refractivity contribution in [3.8, 4) is 17.1 Å². The minimum Gasteiger partial charge on any atom is -0.465 e. The largest absolute Gasteiger partial charge is 0.465 e. The number of anilines is 1. The number of alkyl halides is 2. The fourth-order valence-corrected chi connectivity index (χ4v) is 2.84. The number of esters is 1. The number of ether oxygens (including phenoxy) is 1. The third kappa shape index (κ3) is 4.21. The van der Waals surface area contributed by atoms with Crippen LogP contribution in [0.5, 0.6) is 0 Å². The highest BCUT2D eigenvalue weighted by Crippen LogP contribution is 2.28. The molecule has 0 fully saturated rings. The van der Waals surface area contributed by atoms with Gasteiger partial charge in [-0.25, -0.2) is 23.2 Å². The van der Waals surface area contributed by atoms with Gasteiger partial charge in [-0.15, -0.1) is 0 Å². The summed E-state index contributed by atoms with van der Waals surface area (Å²) in [6.45, 7) is 0. The van der Waals surface area contributed by atoms with Crippen LogP contribution in [0.1, 0.15) is 33.0 Å². The zero-order valence-electron chi connectivity index (χ0n) is 16.5. The Morgan fingerprint density at radius 2 is 1.84 bits per heavy atom. The number of carbonyl (C=O) groups excluding carboxylic acids is 2. The second-order valence-electron chi connectivity index (χ2n) is 6.44. The first-order valence-corrected chi connectivity index (χ1v) is 9.20. The summed E-state index contributed by atoms with van der Waals surface area (Å²) < 4.78 is 38.1. The molecule has 0 unspecified atom stereocenters. The van der Waals surface area contributed by atoms with Gasteiger partial charge in [-0.3, -0.25) is 9.78 Å². The van der Waals surface area contributed by atoms with Crippen LogP contribution in [0.15, 0.2) is 65.7 Å². The summed E-state index contributed by atoms with van der Waals surface area (Å²) in [5, 5.41) is 6.25. The molecular weight excluding hydrogens is 424 g/mol. The molecule has 0 aliphatic carbocycles. The minimum absolute atomic E-state index is 0.0905. The van der Waals surface area contributed by atoms with Gasteiger partial charge in [0, 0.05) is 18.0 Å². The number of rotatable bonds is 6. The van der Waals surface area contributed by atoms with Gasteiger partial charge in [0.1, 0.15) is 6.26 Å². The number of benzene rings is 1. The van der Waals surface area contributed by atoms with Crippen molar-refractivity contribution >= 4 is 17.6 Å². The third-order valence-electron chi connectivity index (χ3n) is 4.41. The molecular formula is C21H15F2N5O4. The Hall–Kier alpha value is -4.41. The van der Waals surface area contributed by atoms with Crippen LogP contribution in [0, 0.1) is 0 Å². The zero-order valence-corrected chi connectivity index (χ0v) is 16.5. The maximum absolute atomic E-state index is 13.5. The van der Waals surface area contributed by atoms with Crippen LogP contribution in [0.25, 0.3) is 17.1 Å². The molecule has 0 radical (unpaired) electrons. The molecule has 3 heterocycles. The van der Waals surface area contributed by atoms with E-state index in [1.54, 1.807) is 24.5 Å². The number of aromatic nitrogens is 4. The van der Waals surface area contributed by atoms with E-state index in [0.717, 1.165) is 6.26 Å². The molecule has 1 aromatic carbocycles. The smallest absolute Gasteiger partial charge is 0.337 e. The SMILES string of the molecule is COC(=O)c1ccc(-n2cc(NC(=O)c3coc(-c4ccncc4)n3)c(C(F)F)n2)cc1. The number of amides is 1. The first-order valence-electron chi connectivity index (χ1n) is 9.20. The molecule has 0 saturated carbocycles. The Balaban J connectivity index is 1.57. The van der Waals surface area contributed by atoms with Crippen molar-refractivity contribution in [3.63, 3.8) is 0 Å². The normalized spacial score (nSPS) is 10.9. The molecule has 0 spiro atoms. The van der Waals surface area contributed by atoms with Crippen molar-refractivity contribution in [2.24, 2.45) is 0 Å². The Labute approximate surface area is 179 Å². The number of hydrogen-bond acceptors (Lipinski definition) is 7. The van der Waals surface area contributed by atoms with Gasteiger partial charge in [0.25, 0.3) is 12.3 Å². The molecule has 11 heteroatoms. The molecule has 32 heavy (non-hydrogen) atoms. The summed E-state index contributed by atoms with van der Waals surface area (Å²) >= 11 is 0. The van der Waals surface area contributed by atoms with Crippen LogP contribution < -0.4 is 5.32 Å². The number of halogens is 2. The van der Waals surface area contributed by atoms with E-state index in [-0.39, 0.29) is 17.3 Å². The molecule has 0 bridgehead atoms. The molecule has 3 aromatic heterocycles. The Bertz CT molecular complexity index is 1250. The second-order valence-corrected chi connectivity index (χ2v) is 6.44. The summed E-state index contributed by atoms with van der Waals surface area (Å²) in [6, 6.07) is 9.27. The molecule has 0 aliphatic heterocycles. The number of methoxy groups -OCH3 is 1. The van der Waals surface area contributed by atoms with E-state index < -0.39 is 24.0 Å². The van der Waals surface area contributed by atoms with Gasteiger partial charge in [0.2, 0.25) is 5.89 Å². The number of oxazole rings is 1. The van der Waals surface area contributed by atoms with Crippen LogP contribution in [0.3, 0.4) is 0 Å². The van der Waals surface area contributed by atoms with E-state index in [4.69, 9.17) is 4.42 Å². The Morgan fingerprint density at radius 3 is 2.50 bits per heavy atom. The summed E-state index contributed by atoms with van der Waals surface area (Å²) in [7, 11) is 1.25. The lowest BCUT2D eigenvalue weighted by Crippen LogP contribution is -2.13. The lowest BCUT2D eigenvalue weighted by atomic mass is 10.2. The van der Waals surface area contributed by atoms with E-state index >= 15 is 0 Å². The van der Waals surface area contributed by atoms with Gasteiger partial charge in [-0.05, 0) is 36.4 Å². The predicted octanol–water partition coefficient (Wildman–Crippen LogP) is 3.90. The topological polar surface area (TPSA) is 112 Å². The summed E-state index contributed by atoms with van der Waals surface area (Å²) in [5.74, 6) is -1.08. The number of carbonyl (C=O) groups is 2. The highest BCUT2D eigenvalue weighted by Gasteiger charge is 2.22. The first kappa shape index (κ1) is 20.8. The summed E-state index contributed by atoms with van der Waals surface area (Å²) in [5.41, 5.74) is 0.412. The molecule has 1 amide bonds. The third-order valence-corrected chi connectivity index (χ3v) is 4.41. The van der Waals surface area contributed by atoms with Crippen LogP contribution in [-0.2, 0) is 4.74 Å². The number of hydrogen-bond donors (Lipinski definition) is 1. The van der Waals surface area contributed by atoms with Crippen LogP contribution in [0.2, 0.25) is 0 Å². The van der Waals surface area contributed by atoms with Gasteiger partial charge < -0.3 is 14.5 Å². The van der Waals surface area contributed by atoms with E-state index in [2.05, 4.69) is 25.1 Å². The van der Waals surface area contributed by atoms with E-state index in [0.29, 0.717) is 16.8 Å². The van der Waals surface area contributed by atoms with Crippen molar-refractivity contribution in [2.45, 2.75) is 6.43 Å². The van der Waals surface area contributed by atoms with E-state index in [9.17, 15) is 18.4 Å². The molecule has 0 aliphatic rings. The predicted molar refractivity (Wildman–Crippen MR) is 108 cm³/mol. The lowest BCUT2D eigenvalue weighted by molar-refractivity contribution is 0.0600. The van der Waals surface area contributed by atoms with Crippen molar-refractivity contribution in [1.82, 2.24) is 19.7 Å². The lowest BCUT2D eigenvalue weighted by Gasteiger charge is -2.03. The summed E-state index contributed by atoms with van der Waals surface area (Å²) in [4.78, 5) is 32.1. The summed E-state index contributed by atoms with van der Waals surface area (Å²) in [6.07, 6.45) is 2.52. The quantitative estimate of drug-likeness (QED) is 0.454. The average Bonchev–Trinajstić information content (AvgIpc) is 3.47. The van der Waals surface area contributed by atoms with Crippen molar-refractivity contribution in [1.29, 1.82) is 0 Å². The molecule has 162 valence electrons. The Kier molecular flexibility index (Phi) is 5.71. The fraction of sp³-hybridized carbons (Fsp3) is 0.0952. The molecule has 1 N–H and O–H groups in total. The minimum atomic E-state index is -2.94. The maximum Gasteiger partial charge on any atom is 0.337 e. The molecule has 0 atom stereocenters. The van der Waals surface area contributed by atoms with Crippen LogP contribution in [-0.4, -0.2) is 38.7 Å². The average molecular weight is 439 g/mol.